The number of halogens is 2. The second kappa shape index (κ2) is 5.24. The Morgan fingerprint density at radius 1 is 1.29 bits per heavy atom. The minimum atomic E-state index is -1.29. The maximum Gasteiger partial charge on any atom is 0.406 e. The standard InChI is InChI=1S/C14H14Cl2N2O3/c1-7-8(2)14(3,21-13(17)20)18(12(7)19)9-4-5-10(15)11(16)6-9/h4-6H,1-3H3,(H2,17,20). The lowest BCUT2D eigenvalue weighted by molar-refractivity contribution is -0.116. The molecule has 1 aliphatic rings. The molecule has 21 heavy (non-hydrogen) atoms. The molecule has 0 saturated carbocycles. The fourth-order valence-corrected chi connectivity index (χ4v) is 2.64. The largest absolute Gasteiger partial charge is 0.419 e. The van der Waals surface area contributed by atoms with Crippen LogP contribution in [0.25, 0.3) is 0 Å². The van der Waals surface area contributed by atoms with Crippen molar-refractivity contribution in [3.8, 4) is 0 Å². The molecule has 7 heteroatoms. The van der Waals surface area contributed by atoms with Gasteiger partial charge < -0.3 is 10.5 Å². The Labute approximate surface area is 132 Å². The molecule has 0 radical (unpaired) electrons. The van der Waals surface area contributed by atoms with E-state index in [0.717, 1.165) is 0 Å². The monoisotopic (exact) mass is 328 g/mol. The Hall–Kier alpha value is -1.72. The minimum Gasteiger partial charge on any atom is -0.419 e. The lowest BCUT2D eigenvalue weighted by atomic mass is 10.1. The molecule has 0 aromatic heterocycles. The maximum atomic E-state index is 12.5. The SMILES string of the molecule is CC1=C(C)C(C)(OC(N)=O)N(c2ccc(Cl)c(Cl)c2)C1=O. The predicted molar refractivity (Wildman–Crippen MR) is 81.4 cm³/mol. The molecule has 0 aliphatic carbocycles. The van der Waals surface area contributed by atoms with Gasteiger partial charge in [-0.3, -0.25) is 9.69 Å². The number of nitrogens with zero attached hydrogens (tertiary/aromatic N) is 1. The van der Waals surface area contributed by atoms with E-state index < -0.39 is 11.8 Å². The fraction of sp³-hybridized carbons (Fsp3) is 0.286. The van der Waals surface area contributed by atoms with E-state index in [-0.39, 0.29) is 5.91 Å². The summed E-state index contributed by atoms with van der Waals surface area (Å²) in [5.41, 5.74) is 5.41. The summed E-state index contributed by atoms with van der Waals surface area (Å²) in [5.74, 6) is -0.283. The van der Waals surface area contributed by atoms with Crippen LogP contribution in [0.4, 0.5) is 10.5 Å². The molecule has 2 amide bonds. The summed E-state index contributed by atoms with van der Waals surface area (Å²) in [7, 11) is 0. The Bertz CT molecular complexity index is 672. The van der Waals surface area contributed by atoms with Crippen LogP contribution in [-0.4, -0.2) is 17.7 Å². The lowest BCUT2D eigenvalue weighted by Gasteiger charge is -2.35. The summed E-state index contributed by atoms with van der Waals surface area (Å²) >= 11 is 11.9. The summed E-state index contributed by atoms with van der Waals surface area (Å²) < 4.78 is 5.20. The van der Waals surface area contributed by atoms with Gasteiger partial charge in [-0.2, -0.15) is 0 Å². The highest BCUT2D eigenvalue weighted by atomic mass is 35.5. The molecule has 1 aromatic carbocycles. The van der Waals surface area contributed by atoms with Crippen LogP contribution in [0.2, 0.25) is 10.0 Å². The van der Waals surface area contributed by atoms with Crippen molar-refractivity contribution < 1.29 is 14.3 Å². The Kier molecular flexibility index (Phi) is 3.91. The average molecular weight is 329 g/mol. The van der Waals surface area contributed by atoms with Crippen molar-refractivity contribution in [3.63, 3.8) is 0 Å². The first kappa shape index (κ1) is 15.7. The van der Waals surface area contributed by atoms with Gasteiger partial charge in [-0.05, 0) is 44.5 Å². The van der Waals surface area contributed by atoms with Crippen LogP contribution in [-0.2, 0) is 9.53 Å². The molecule has 0 saturated heterocycles. The summed E-state index contributed by atoms with van der Waals surface area (Å²) in [6.07, 6.45) is -0.968. The molecule has 5 nitrogen and oxygen atoms in total. The number of rotatable bonds is 2. The molecule has 2 N–H and O–H groups in total. The number of carbonyl (C=O) groups is 2. The van der Waals surface area contributed by atoms with Gasteiger partial charge >= 0.3 is 6.09 Å². The first-order valence-electron chi connectivity index (χ1n) is 6.14. The number of primary amides is 1. The number of anilines is 1. The first-order valence-corrected chi connectivity index (χ1v) is 6.90. The van der Waals surface area contributed by atoms with Gasteiger partial charge in [0.05, 0.1) is 10.0 Å². The number of ether oxygens (including phenoxy) is 1. The van der Waals surface area contributed by atoms with E-state index in [9.17, 15) is 9.59 Å². The molecule has 0 spiro atoms. The molecule has 1 heterocycles. The topological polar surface area (TPSA) is 72.6 Å². The van der Waals surface area contributed by atoms with Crippen molar-refractivity contribution in [2.45, 2.75) is 26.5 Å². The van der Waals surface area contributed by atoms with Crippen LogP contribution < -0.4 is 10.6 Å². The van der Waals surface area contributed by atoms with Gasteiger partial charge in [0, 0.05) is 11.3 Å². The number of hydrogen-bond donors (Lipinski definition) is 1. The summed E-state index contributed by atoms with van der Waals surface area (Å²) in [6.45, 7) is 4.98. The number of amides is 2. The van der Waals surface area contributed by atoms with E-state index in [0.29, 0.717) is 26.9 Å². The van der Waals surface area contributed by atoms with E-state index in [1.54, 1.807) is 32.9 Å². The normalized spacial score (nSPS) is 22.0. The van der Waals surface area contributed by atoms with E-state index in [4.69, 9.17) is 33.7 Å². The summed E-state index contributed by atoms with van der Waals surface area (Å²) in [5, 5.41) is 0.664. The highest BCUT2D eigenvalue weighted by Crippen LogP contribution is 2.41. The van der Waals surface area contributed by atoms with Gasteiger partial charge in [-0.15, -0.1) is 0 Å². The van der Waals surface area contributed by atoms with Crippen LogP contribution in [0.5, 0.6) is 0 Å². The van der Waals surface area contributed by atoms with Gasteiger partial charge in [0.2, 0.25) is 5.72 Å². The molecular weight excluding hydrogens is 315 g/mol. The summed E-state index contributed by atoms with van der Waals surface area (Å²) in [4.78, 5) is 25.0. The van der Waals surface area contributed by atoms with Crippen LogP contribution in [0.15, 0.2) is 29.3 Å². The molecule has 1 atom stereocenters. The van der Waals surface area contributed by atoms with Crippen LogP contribution in [0, 0.1) is 0 Å². The average Bonchev–Trinajstić information content (AvgIpc) is 2.54. The third-order valence-electron chi connectivity index (χ3n) is 3.67. The fourth-order valence-electron chi connectivity index (χ4n) is 2.34. The van der Waals surface area contributed by atoms with Crippen LogP contribution >= 0.6 is 23.2 Å². The third-order valence-corrected chi connectivity index (χ3v) is 4.41. The molecule has 0 bridgehead atoms. The number of benzene rings is 1. The zero-order chi connectivity index (χ0) is 15.9. The molecule has 1 aromatic rings. The number of hydrogen-bond acceptors (Lipinski definition) is 3. The van der Waals surface area contributed by atoms with Gasteiger partial charge in [0.25, 0.3) is 5.91 Å². The minimum absolute atomic E-state index is 0.283. The Morgan fingerprint density at radius 3 is 2.43 bits per heavy atom. The van der Waals surface area contributed by atoms with Crippen molar-refractivity contribution in [2.24, 2.45) is 5.73 Å². The zero-order valence-corrected chi connectivity index (χ0v) is 13.2. The van der Waals surface area contributed by atoms with Crippen molar-refractivity contribution in [1.29, 1.82) is 0 Å². The smallest absolute Gasteiger partial charge is 0.406 e. The van der Waals surface area contributed by atoms with E-state index in [1.807, 2.05) is 0 Å². The molecule has 1 aliphatic heterocycles. The van der Waals surface area contributed by atoms with Gasteiger partial charge in [0.1, 0.15) is 0 Å². The van der Waals surface area contributed by atoms with Crippen molar-refractivity contribution in [1.82, 2.24) is 0 Å². The molecule has 0 fully saturated rings. The zero-order valence-electron chi connectivity index (χ0n) is 11.7. The van der Waals surface area contributed by atoms with Crippen LogP contribution in [0.1, 0.15) is 20.8 Å². The first-order chi connectivity index (χ1) is 9.68. The van der Waals surface area contributed by atoms with Gasteiger partial charge in [-0.25, -0.2) is 4.79 Å². The predicted octanol–water partition coefficient (Wildman–Crippen LogP) is 3.49. The number of nitrogens with two attached hydrogens (primary N) is 1. The maximum absolute atomic E-state index is 12.5. The highest BCUT2D eigenvalue weighted by Gasteiger charge is 2.48. The highest BCUT2D eigenvalue weighted by molar-refractivity contribution is 6.42. The van der Waals surface area contributed by atoms with E-state index >= 15 is 0 Å². The Morgan fingerprint density at radius 2 is 1.90 bits per heavy atom. The molecule has 112 valence electrons. The third kappa shape index (κ3) is 2.47. The summed E-state index contributed by atoms with van der Waals surface area (Å²) in [6, 6.07) is 4.73. The van der Waals surface area contributed by atoms with Crippen molar-refractivity contribution in [3.05, 3.63) is 39.4 Å². The quantitative estimate of drug-likeness (QED) is 0.903. The van der Waals surface area contributed by atoms with Crippen molar-refractivity contribution >= 4 is 40.9 Å². The number of carbonyl (C=O) groups excluding carboxylic acids is 2. The van der Waals surface area contributed by atoms with Gasteiger partial charge in [0.15, 0.2) is 0 Å². The second-order valence-electron chi connectivity index (χ2n) is 4.89. The lowest BCUT2D eigenvalue weighted by Crippen LogP contribution is -2.50. The second-order valence-corrected chi connectivity index (χ2v) is 5.71. The van der Waals surface area contributed by atoms with Crippen molar-refractivity contribution in [2.75, 3.05) is 4.90 Å². The van der Waals surface area contributed by atoms with E-state index in [1.165, 1.54) is 11.0 Å². The molecule has 1 unspecified atom stereocenters. The van der Waals surface area contributed by atoms with Crippen LogP contribution in [0.3, 0.4) is 0 Å². The van der Waals surface area contributed by atoms with Gasteiger partial charge in [-0.1, -0.05) is 23.2 Å². The Balaban J connectivity index is 2.57. The van der Waals surface area contributed by atoms with E-state index in [2.05, 4.69) is 0 Å². The molecule has 2 rings (SSSR count). The molecular formula is C14H14Cl2N2O3.